The number of para-hydroxylation sites is 1. The Morgan fingerprint density at radius 3 is 2.47 bits per heavy atom. The molecule has 0 saturated heterocycles. The highest BCUT2D eigenvalue weighted by Crippen LogP contribution is 2.32. The molecule has 1 aliphatic rings. The molecule has 0 bridgehead atoms. The van der Waals surface area contributed by atoms with Crippen molar-refractivity contribution < 1.29 is 13.2 Å². The maximum absolute atomic E-state index is 13.2. The molecule has 0 saturated carbocycles. The Labute approximate surface area is 203 Å². The van der Waals surface area contributed by atoms with Crippen molar-refractivity contribution in [2.24, 2.45) is 0 Å². The molecule has 3 aromatic carbocycles. The van der Waals surface area contributed by atoms with E-state index in [1.165, 1.54) is 33.3 Å². The van der Waals surface area contributed by atoms with Crippen LogP contribution in [0.3, 0.4) is 0 Å². The molecule has 1 aliphatic heterocycles. The summed E-state index contributed by atoms with van der Waals surface area (Å²) in [6.07, 6.45) is 0.691. The van der Waals surface area contributed by atoms with E-state index in [4.69, 9.17) is 0 Å². The SMILES string of the molecule is CC(C)c1cccc2sc(NC(=O)c3ccc(S(=O)(=O)N4CCc5ccccc5C4)cc3)nc12. The Balaban J connectivity index is 1.33. The minimum atomic E-state index is -3.65. The summed E-state index contributed by atoms with van der Waals surface area (Å²) in [5.41, 5.74) is 4.65. The first-order chi connectivity index (χ1) is 16.3. The summed E-state index contributed by atoms with van der Waals surface area (Å²) >= 11 is 1.43. The second-order valence-electron chi connectivity index (χ2n) is 8.70. The lowest BCUT2D eigenvalue weighted by Crippen LogP contribution is -2.35. The number of carbonyl (C=O) groups is 1. The molecule has 0 atom stereocenters. The van der Waals surface area contributed by atoms with Gasteiger partial charge in [0.15, 0.2) is 5.13 Å². The average molecular weight is 492 g/mol. The Hall–Kier alpha value is -3.07. The van der Waals surface area contributed by atoms with Crippen LogP contribution in [0.25, 0.3) is 10.2 Å². The van der Waals surface area contributed by atoms with E-state index in [-0.39, 0.29) is 10.8 Å². The average Bonchev–Trinajstić information content (AvgIpc) is 3.26. The van der Waals surface area contributed by atoms with Crippen LogP contribution < -0.4 is 5.32 Å². The zero-order valence-corrected chi connectivity index (χ0v) is 20.6. The quantitative estimate of drug-likeness (QED) is 0.404. The summed E-state index contributed by atoms with van der Waals surface area (Å²) in [7, 11) is -3.65. The zero-order valence-electron chi connectivity index (χ0n) is 19.0. The molecule has 34 heavy (non-hydrogen) atoms. The second-order valence-corrected chi connectivity index (χ2v) is 11.7. The van der Waals surface area contributed by atoms with Crippen molar-refractivity contribution >= 4 is 42.6 Å². The Bertz CT molecular complexity index is 1470. The molecule has 174 valence electrons. The van der Waals surface area contributed by atoms with E-state index in [9.17, 15) is 13.2 Å². The molecular weight excluding hydrogens is 466 g/mol. The first-order valence-corrected chi connectivity index (χ1v) is 13.5. The van der Waals surface area contributed by atoms with E-state index in [0.717, 1.165) is 21.3 Å². The third kappa shape index (κ3) is 4.24. The van der Waals surface area contributed by atoms with Gasteiger partial charge >= 0.3 is 0 Å². The summed E-state index contributed by atoms with van der Waals surface area (Å²) in [4.78, 5) is 17.6. The van der Waals surface area contributed by atoms with Crippen LogP contribution in [0.15, 0.2) is 71.6 Å². The smallest absolute Gasteiger partial charge is 0.257 e. The Kier molecular flexibility index (Phi) is 5.97. The number of nitrogens with one attached hydrogen (secondary N) is 1. The van der Waals surface area contributed by atoms with Crippen LogP contribution in [0.4, 0.5) is 5.13 Å². The molecule has 4 aromatic rings. The number of hydrogen-bond donors (Lipinski definition) is 1. The van der Waals surface area contributed by atoms with Gasteiger partial charge < -0.3 is 0 Å². The van der Waals surface area contributed by atoms with Crippen molar-refractivity contribution in [1.29, 1.82) is 0 Å². The number of anilines is 1. The van der Waals surface area contributed by atoms with Crippen molar-refractivity contribution in [2.45, 2.75) is 37.6 Å². The lowest BCUT2D eigenvalue weighted by Gasteiger charge is -2.28. The van der Waals surface area contributed by atoms with Gasteiger partial charge in [0.05, 0.1) is 15.1 Å². The van der Waals surface area contributed by atoms with Crippen LogP contribution >= 0.6 is 11.3 Å². The van der Waals surface area contributed by atoms with Crippen LogP contribution in [0.2, 0.25) is 0 Å². The molecule has 0 aliphatic carbocycles. The predicted molar refractivity (Wildman–Crippen MR) is 136 cm³/mol. The standard InChI is InChI=1S/C26H25N3O3S2/c1-17(2)22-8-5-9-23-24(22)27-26(33-23)28-25(30)19-10-12-21(13-11-19)34(31,32)29-15-14-18-6-3-4-7-20(18)16-29/h3-13,17H,14-16H2,1-2H3,(H,27,28,30). The van der Waals surface area contributed by atoms with Gasteiger partial charge in [-0.1, -0.05) is 61.6 Å². The van der Waals surface area contributed by atoms with E-state index in [2.05, 4.69) is 30.2 Å². The summed E-state index contributed by atoms with van der Waals surface area (Å²) in [5.74, 6) is 0.0122. The highest BCUT2D eigenvalue weighted by atomic mass is 32.2. The van der Waals surface area contributed by atoms with Gasteiger partial charge in [0.1, 0.15) is 0 Å². The number of nitrogens with zero attached hydrogens (tertiary/aromatic N) is 2. The maximum Gasteiger partial charge on any atom is 0.257 e. The number of thiazole rings is 1. The summed E-state index contributed by atoms with van der Waals surface area (Å²) < 4.78 is 28.9. The molecular formula is C26H25N3O3S2. The van der Waals surface area contributed by atoms with Crippen LogP contribution in [0.5, 0.6) is 0 Å². The van der Waals surface area contributed by atoms with Gasteiger partial charge in [0.2, 0.25) is 10.0 Å². The van der Waals surface area contributed by atoms with E-state index < -0.39 is 10.0 Å². The number of amides is 1. The number of benzene rings is 3. The third-order valence-electron chi connectivity index (χ3n) is 6.14. The van der Waals surface area contributed by atoms with Gasteiger partial charge in [0.25, 0.3) is 5.91 Å². The van der Waals surface area contributed by atoms with Crippen LogP contribution in [0.1, 0.15) is 46.8 Å². The number of carbonyl (C=O) groups excluding carboxylic acids is 1. The van der Waals surface area contributed by atoms with Crippen LogP contribution in [-0.2, 0) is 23.0 Å². The van der Waals surface area contributed by atoms with Crippen molar-refractivity contribution in [2.75, 3.05) is 11.9 Å². The van der Waals surface area contributed by atoms with Gasteiger partial charge in [-0.3, -0.25) is 10.1 Å². The molecule has 1 N–H and O–H groups in total. The molecule has 0 spiro atoms. The Morgan fingerprint density at radius 2 is 1.74 bits per heavy atom. The monoisotopic (exact) mass is 491 g/mol. The van der Waals surface area contributed by atoms with E-state index >= 15 is 0 Å². The molecule has 2 heterocycles. The minimum absolute atomic E-state index is 0.185. The summed E-state index contributed by atoms with van der Waals surface area (Å²) in [6, 6.07) is 20.1. The van der Waals surface area contributed by atoms with E-state index in [1.54, 1.807) is 12.1 Å². The molecule has 1 amide bonds. The fourth-order valence-electron chi connectivity index (χ4n) is 4.26. The fraction of sp³-hybridized carbons (Fsp3) is 0.231. The fourth-order valence-corrected chi connectivity index (χ4v) is 6.58. The minimum Gasteiger partial charge on any atom is -0.298 e. The number of hydrogen-bond acceptors (Lipinski definition) is 5. The lowest BCUT2D eigenvalue weighted by atomic mass is 10.0. The van der Waals surface area contributed by atoms with Gasteiger partial charge in [-0.25, -0.2) is 13.4 Å². The highest BCUT2D eigenvalue weighted by molar-refractivity contribution is 7.89. The molecule has 6 nitrogen and oxygen atoms in total. The van der Waals surface area contributed by atoms with Crippen molar-refractivity contribution in [3.05, 3.63) is 89.0 Å². The van der Waals surface area contributed by atoms with Crippen molar-refractivity contribution in [3.8, 4) is 0 Å². The first kappa shape index (κ1) is 22.7. The highest BCUT2D eigenvalue weighted by Gasteiger charge is 2.28. The van der Waals surface area contributed by atoms with E-state index in [0.29, 0.717) is 36.1 Å². The molecule has 0 unspecified atom stereocenters. The summed E-state index contributed by atoms with van der Waals surface area (Å²) in [6.45, 7) is 5.03. The number of rotatable bonds is 5. The molecule has 8 heteroatoms. The topological polar surface area (TPSA) is 79.4 Å². The Morgan fingerprint density at radius 1 is 1.00 bits per heavy atom. The number of sulfonamides is 1. The maximum atomic E-state index is 13.2. The van der Waals surface area contributed by atoms with Crippen LogP contribution in [0, 0.1) is 0 Å². The van der Waals surface area contributed by atoms with E-state index in [1.807, 2.05) is 36.4 Å². The largest absolute Gasteiger partial charge is 0.298 e. The molecule has 5 rings (SSSR count). The van der Waals surface area contributed by atoms with Crippen molar-refractivity contribution in [1.82, 2.24) is 9.29 Å². The van der Waals surface area contributed by atoms with Gasteiger partial charge in [-0.05, 0) is 59.4 Å². The third-order valence-corrected chi connectivity index (χ3v) is 8.94. The molecule has 0 radical (unpaired) electrons. The molecule has 0 fully saturated rings. The zero-order chi connectivity index (χ0) is 23.9. The molecule has 1 aromatic heterocycles. The second kappa shape index (κ2) is 8.94. The summed E-state index contributed by atoms with van der Waals surface area (Å²) in [5, 5.41) is 3.38. The predicted octanol–water partition coefficient (Wildman–Crippen LogP) is 5.42. The van der Waals surface area contributed by atoms with Crippen molar-refractivity contribution in [3.63, 3.8) is 0 Å². The lowest BCUT2D eigenvalue weighted by molar-refractivity contribution is 0.102. The first-order valence-electron chi connectivity index (χ1n) is 11.2. The number of aromatic nitrogens is 1. The normalized spacial score (nSPS) is 14.3. The van der Waals surface area contributed by atoms with Gasteiger partial charge in [-0.2, -0.15) is 4.31 Å². The van der Waals surface area contributed by atoms with Gasteiger partial charge in [0, 0.05) is 18.7 Å². The van der Waals surface area contributed by atoms with Crippen LogP contribution in [-0.4, -0.2) is 30.2 Å². The van der Waals surface area contributed by atoms with Gasteiger partial charge in [-0.15, -0.1) is 0 Å². The number of fused-ring (bicyclic) bond motifs is 2.